The summed E-state index contributed by atoms with van der Waals surface area (Å²) in [5.74, 6) is 0.572. The maximum Gasteiger partial charge on any atom is 0.313 e. The summed E-state index contributed by atoms with van der Waals surface area (Å²) < 4.78 is 7.82. The molecule has 6 heteroatoms. The van der Waals surface area contributed by atoms with E-state index < -0.39 is 5.97 Å². The van der Waals surface area contributed by atoms with Crippen molar-refractivity contribution in [1.82, 2.24) is 9.55 Å². The number of nitrogens with zero attached hydrogens (tertiary/aromatic N) is 2. The number of rotatable bonds is 6. The van der Waals surface area contributed by atoms with Gasteiger partial charge in [0.15, 0.2) is 5.16 Å². The van der Waals surface area contributed by atoms with Crippen LogP contribution in [0.3, 0.4) is 0 Å². The normalized spacial score (nSPS) is 20.7. The van der Waals surface area contributed by atoms with Crippen LogP contribution in [0.1, 0.15) is 26.3 Å². The van der Waals surface area contributed by atoms with Gasteiger partial charge >= 0.3 is 5.97 Å². The number of aliphatic carboxylic acids is 1. The molecule has 112 valence electrons. The van der Waals surface area contributed by atoms with Gasteiger partial charge in [0.25, 0.3) is 0 Å². The molecule has 0 spiro atoms. The van der Waals surface area contributed by atoms with Crippen molar-refractivity contribution in [1.29, 1.82) is 0 Å². The first-order valence-electron chi connectivity index (χ1n) is 7.10. The summed E-state index contributed by atoms with van der Waals surface area (Å²) in [4.78, 5) is 15.5. The van der Waals surface area contributed by atoms with Crippen molar-refractivity contribution in [3.8, 4) is 5.75 Å². The highest BCUT2D eigenvalue weighted by molar-refractivity contribution is 7.99. The molecule has 0 amide bonds. The summed E-state index contributed by atoms with van der Waals surface area (Å²) in [7, 11) is 0. The van der Waals surface area contributed by atoms with Crippen LogP contribution < -0.4 is 4.74 Å². The van der Waals surface area contributed by atoms with Crippen molar-refractivity contribution in [3.63, 3.8) is 0 Å². The minimum atomic E-state index is -0.826. The number of hydrogen-bond donors (Lipinski definition) is 1. The predicted molar refractivity (Wildman–Crippen MR) is 82.1 cm³/mol. The van der Waals surface area contributed by atoms with E-state index in [2.05, 4.69) is 16.5 Å². The molecule has 2 atom stereocenters. The minimum absolute atomic E-state index is 0.0222. The van der Waals surface area contributed by atoms with Crippen LogP contribution in [-0.2, 0) is 4.79 Å². The molecule has 0 aliphatic heterocycles. The third kappa shape index (κ3) is 2.72. The third-order valence-corrected chi connectivity index (χ3v) is 4.61. The highest BCUT2D eigenvalue weighted by Gasteiger charge is 2.37. The summed E-state index contributed by atoms with van der Waals surface area (Å²) in [6.45, 7) is 4.73. The summed E-state index contributed by atoms with van der Waals surface area (Å²) in [5.41, 5.74) is 1.86. The molecule has 1 fully saturated rings. The molecule has 3 rings (SSSR count). The van der Waals surface area contributed by atoms with Gasteiger partial charge in [-0.05, 0) is 31.4 Å². The molecule has 21 heavy (non-hydrogen) atoms. The molecule has 1 aliphatic carbocycles. The van der Waals surface area contributed by atoms with E-state index >= 15 is 0 Å². The minimum Gasteiger partial charge on any atom is -0.492 e. The van der Waals surface area contributed by atoms with Crippen molar-refractivity contribution in [2.45, 2.75) is 31.5 Å². The van der Waals surface area contributed by atoms with Crippen LogP contribution in [-0.4, -0.2) is 33.0 Å². The van der Waals surface area contributed by atoms with Gasteiger partial charge < -0.3 is 14.4 Å². The zero-order chi connectivity index (χ0) is 15.0. The fourth-order valence-electron chi connectivity index (χ4n) is 2.55. The Morgan fingerprint density at radius 3 is 2.95 bits per heavy atom. The zero-order valence-corrected chi connectivity index (χ0v) is 12.9. The van der Waals surface area contributed by atoms with Crippen LogP contribution in [0, 0.1) is 5.92 Å². The molecule has 1 aliphatic rings. The lowest BCUT2D eigenvalue weighted by atomic mass is 10.3. The van der Waals surface area contributed by atoms with E-state index in [1.165, 1.54) is 11.8 Å². The molecule has 2 unspecified atom stereocenters. The SMILES string of the molecule is CCOc1cccc2c1nc(SCC(=O)O)n2C1CC1C. The monoisotopic (exact) mass is 306 g/mol. The number of fused-ring (bicyclic) bond motifs is 1. The number of thioether (sulfide) groups is 1. The van der Waals surface area contributed by atoms with Gasteiger partial charge in [-0.2, -0.15) is 0 Å². The number of imidazole rings is 1. The lowest BCUT2D eigenvalue weighted by molar-refractivity contribution is -0.133. The van der Waals surface area contributed by atoms with Crippen molar-refractivity contribution in [3.05, 3.63) is 18.2 Å². The maximum atomic E-state index is 10.8. The lowest BCUT2D eigenvalue weighted by Gasteiger charge is -2.07. The average Bonchev–Trinajstić information content (AvgIpc) is 3.03. The number of aromatic nitrogens is 2. The number of carboxylic acid groups (broad SMARTS) is 1. The van der Waals surface area contributed by atoms with Gasteiger partial charge in [0, 0.05) is 6.04 Å². The van der Waals surface area contributed by atoms with E-state index in [-0.39, 0.29) is 5.75 Å². The molecule has 1 heterocycles. The van der Waals surface area contributed by atoms with Gasteiger partial charge in [-0.25, -0.2) is 4.98 Å². The van der Waals surface area contributed by atoms with Gasteiger partial charge in [-0.1, -0.05) is 24.8 Å². The Morgan fingerprint density at radius 2 is 2.33 bits per heavy atom. The summed E-state index contributed by atoms with van der Waals surface area (Å²) in [5, 5.41) is 9.68. The summed E-state index contributed by atoms with van der Waals surface area (Å²) >= 11 is 1.27. The molecule has 2 aromatic rings. The average molecular weight is 306 g/mol. The van der Waals surface area contributed by atoms with E-state index in [0.29, 0.717) is 18.6 Å². The fourth-order valence-corrected chi connectivity index (χ4v) is 3.33. The molecule has 1 N–H and O–H groups in total. The Bertz CT molecular complexity index is 683. The molecule has 0 radical (unpaired) electrons. The standard InChI is InChI=1S/C15H18N2O3S/c1-3-20-12-6-4-5-10-14(12)16-15(21-8-13(18)19)17(10)11-7-9(11)2/h4-6,9,11H,3,7-8H2,1-2H3,(H,18,19). The number of hydrogen-bond acceptors (Lipinski definition) is 4. The first-order chi connectivity index (χ1) is 10.1. The highest BCUT2D eigenvalue weighted by atomic mass is 32.2. The van der Waals surface area contributed by atoms with Crippen molar-refractivity contribution in [2.75, 3.05) is 12.4 Å². The molecule has 1 aromatic heterocycles. The molecular formula is C15H18N2O3S. The van der Waals surface area contributed by atoms with Gasteiger partial charge in [0.2, 0.25) is 0 Å². The number of carboxylic acids is 1. The summed E-state index contributed by atoms with van der Waals surface area (Å²) in [6, 6.07) is 6.32. The third-order valence-electron chi connectivity index (χ3n) is 3.67. The number of para-hydroxylation sites is 1. The predicted octanol–water partition coefficient (Wildman–Crippen LogP) is 3.19. The fraction of sp³-hybridized carbons (Fsp3) is 0.467. The molecule has 1 aromatic carbocycles. The maximum absolute atomic E-state index is 10.8. The van der Waals surface area contributed by atoms with Crippen LogP contribution >= 0.6 is 11.8 Å². The van der Waals surface area contributed by atoms with Crippen molar-refractivity contribution >= 4 is 28.8 Å². The van der Waals surface area contributed by atoms with E-state index in [9.17, 15) is 4.79 Å². The zero-order valence-electron chi connectivity index (χ0n) is 12.1. The van der Waals surface area contributed by atoms with Crippen molar-refractivity contribution < 1.29 is 14.6 Å². The molecular weight excluding hydrogens is 288 g/mol. The van der Waals surface area contributed by atoms with Crippen LogP contribution in [0.4, 0.5) is 0 Å². The van der Waals surface area contributed by atoms with Gasteiger partial charge in [0.05, 0.1) is 17.9 Å². The number of carbonyl (C=O) groups is 1. The van der Waals surface area contributed by atoms with Crippen LogP contribution in [0.25, 0.3) is 11.0 Å². The van der Waals surface area contributed by atoms with Crippen LogP contribution in [0.2, 0.25) is 0 Å². The van der Waals surface area contributed by atoms with Crippen LogP contribution in [0.5, 0.6) is 5.75 Å². The Morgan fingerprint density at radius 1 is 1.57 bits per heavy atom. The Labute approximate surface area is 127 Å². The Kier molecular flexibility index (Phi) is 3.80. The summed E-state index contributed by atoms with van der Waals surface area (Å²) in [6.07, 6.45) is 1.12. The largest absolute Gasteiger partial charge is 0.492 e. The highest BCUT2D eigenvalue weighted by Crippen LogP contribution is 2.47. The molecule has 0 bridgehead atoms. The van der Waals surface area contributed by atoms with Gasteiger partial charge in [-0.15, -0.1) is 0 Å². The lowest BCUT2D eigenvalue weighted by Crippen LogP contribution is -2.02. The second-order valence-corrected chi connectivity index (χ2v) is 6.23. The second-order valence-electron chi connectivity index (χ2n) is 5.28. The van der Waals surface area contributed by atoms with E-state index in [0.717, 1.165) is 28.4 Å². The Balaban J connectivity index is 2.07. The van der Waals surface area contributed by atoms with Crippen molar-refractivity contribution in [2.24, 2.45) is 5.92 Å². The van der Waals surface area contributed by atoms with E-state index in [4.69, 9.17) is 9.84 Å². The van der Waals surface area contributed by atoms with Gasteiger partial charge in [-0.3, -0.25) is 4.79 Å². The van der Waals surface area contributed by atoms with E-state index in [1.54, 1.807) is 0 Å². The number of ether oxygens (including phenoxy) is 1. The van der Waals surface area contributed by atoms with E-state index in [1.807, 2.05) is 25.1 Å². The van der Waals surface area contributed by atoms with Gasteiger partial charge in [0.1, 0.15) is 11.3 Å². The van der Waals surface area contributed by atoms with Crippen LogP contribution in [0.15, 0.2) is 23.4 Å². The first kappa shape index (κ1) is 14.3. The second kappa shape index (κ2) is 5.60. The number of benzene rings is 1. The first-order valence-corrected chi connectivity index (χ1v) is 8.08. The smallest absolute Gasteiger partial charge is 0.313 e. The Hall–Kier alpha value is -1.69. The quantitative estimate of drug-likeness (QED) is 0.830. The topological polar surface area (TPSA) is 64.3 Å². The molecule has 5 nitrogen and oxygen atoms in total. The molecule has 0 saturated heterocycles. The molecule has 1 saturated carbocycles.